The lowest BCUT2D eigenvalue weighted by atomic mass is 10.1. The molecule has 102 valence electrons. The van der Waals surface area contributed by atoms with Crippen LogP contribution in [-0.4, -0.2) is 42.6 Å². The van der Waals surface area contributed by atoms with Crippen molar-refractivity contribution in [3.8, 4) is 0 Å². The highest BCUT2D eigenvalue weighted by Crippen LogP contribution is 1.99. The van der Waals surface area contributed by atoms with Gasteiger partial charge in [0.1, 0.15) is 0 Å². The van der Waals surface area contributed by atoms with Gasteiger partial charge in [0.2, 0.25) is 0 Å². The second kappa shape index (κ2) is 7.54. The maximum Gasteiger partial charge on any atom is 0.315 e. The van der Waals surface area contributed by atoms with E-state index < -0.39 is 0 Å². The van der Waals surface area contributed by atoms with Gasteiger partial charge in [-0.2, -0.15) is 0 Å². The zero-order chi connectivity index (χ0) is 13.5. The number of nitrogens with zero attached hydrogens (tertiary/aromatic N) is 1. The number of urea groups is 1. The number of unbranched alkanes of at least 4 members (excludes halogenated alkanes) is 1. The summed E-state index contributed by atoms with van der Waals surface area (Å²) in [6.07, 6.45) is 2.14. The lowest BCUT2D eigenvalue weighted by Gasteiger charge is -2.22. The van der Waals surface area contributed by atoms with Gasteiger partial charge < -0.3 is 15.5 Å². The van der Waals surface area contributed by atoms with Crippen LogP contribution in [0.15, 0.2) is 0 Å². The molecule has 2 amide bonds. The summed E-state index contributed by atoms with van der Waals surface area (Å²) in [5.41, 5.74) is -0.165. The highest BCUT2D eigenvalue weighted by molar-refractivity contribution is 5.74. The summed E-state index contributed by atoms with van der Waals surface area (Å²) in [7, 11) is 2.13. The molecule has 0 spiro atoms. The number of carbonyl (C=O) groups excluding carboxylic acids is 1. The molecule has 0 rings (SSSR count). The van der Waals surface area contributed by atoms with Gasteiger partial charge in [-0.15, -0.1) is 0 Å². The van der Waals surface area contributed by atoms with Crippen LogP contribution < -0.4 is 10.6 Å². The van der Waals surface area contributed by atoms with Gasteiger partial charge in [-0.1, -0.05) is 0 Å². The van der Waals surface area contributed by atoms with Crippen molar-refractivity contribution < 1.29 is 4.79 Å². The van der Waals surface area contributed by atoms with Gasteiger partial charge >= 0.3 is 6.03 Å². The lowest BCUT2D eigenvalue weighted by Crippen LogP contribution is -2.46. The van der Waals surface area contributed by atoms with Crippen LogP contribution in [0.4, 0.5) is 4.79 Å². The Labute approximate surface area is 106 Å². The standard InChI is InChI=1S/C13H29N3O/c1-11(2)16(6)10-8-7-9-14-12(17)15-13(3,4)5/h11H,7-10H2,1-6H3,(H2,14,15,17). The van der Waals surface area contributed by atoms with Crippen LogP contribution in [0.1, 0.15) is 47.5 Å². The Bertz CT molecular complexity index is 221. The molecule has 0 radical (unpaired) electrons. The maximum absolute atomic E-state index is 11.4. The fraction of sp³-hybridized carbons (Fsp3) is 0.923. The first kappa shape index (κ1) is 16.2. The molecule has 0 aliphatic rings. The highest BCUT2D eigenvalue weighted by Gasteiger charge is 2.12. The fourth-order valence-corrected chi connectivity index (χ4v) is 1.33. The number of amides is 2. The lowest BCUT2D eigenvalue weighted by molar-refractivity contribution is 0.231. The molecule has 0 saturated heterocycles. The molecule has 0 unspecified atom stereocenters. The fourth-order valence-electron chi connectivity index (χ4n) is 1.33. The monoisotopic (exact) mass is 243 g/mol. The summed E-state index contributed by atoms with van der Waals surface area (Å²) < 4.78 is 0. The molecule has 0 fully saturated rings. The van der Waals surface area contributed by atoms with E-state index in [0.29, 0.717) is 6.04 Å². The third-order valence-electron chi connectivity index (χ3n) is 2.59. The van der Waals surface area contributed by atoms with E-state index in [-0.39, 0.29) is 11.6 Å². The molecule has 0 aromatic carbocycles. The van der Waals surface area contributed by atoms with E-state index in [1.165, 1.54) is 0 Å². The van der Waals surface area contributed by atoms with Crippen LogP contribution in [0.3, 0.4) is 0 Å². The zero-order valence-electron chi connectivity index (χ0n) is 12.3. The quantitative estimate of drug-likeness (QED) is 0.703. The minimum atomic E-state index is -0.165. The van der Waals surface area contributed by atoms with Gasteiger partial charge in [-0.25, -0.2) is 4.79 Å². The summed E-state index contributed by atoms with van der Waals surface area (Å²) in [5.74, 6) is 0. The van der Waals surface area contributed by atoms with E-state index in [1.807, 2.05) is 20.8 Å². The number of carbonyl (C=O) groups is 1. The zero-order valence-corrected chi connectivity index (χ0v) is 12.3. The highest BCUT2D eigenvalue weighted by atomic mass is 16.2. The molecule has 0 atom stereocenters. The third kappa shape index (κ3) is 10.1. The first-order valence-electron chi connectivity index (χ1n) is 6.48. The van der Waals surface area contributed by atoms with Gasteiger partial charge in [0.15, 0.2) is 0 Å². The van der Waals surface area contributed by atoms with E-state index in [0.717, 1.165) is 25.9 Å². The van der Waals surface area contributed by atoms with E-state index in [4.69, 9.17) is 0 Å². The topological polar surface area (TPSA) is 44.4 Å². The Hall–Kier alpha value is -0.770. The summed E-state index contributed by atoms with van der Waals surface area (Å²) in [6, 6.07) is 0.516. The Kier molecular flexibility index (Phi) is 7.19. The van der Waals surface area contributed by atoms with Crippen molar-refractivity contribution in [2.75, 3.05) is 20.1 Å². The van der Waals surface area contributed by atoms with Crippen LogP contribution in [0.5, 0.6) is 0 Å². The molecule has 4 heteroatoms. The molecule has 0 bridgehead atoms. The molecule has 0 aliphatic heterocycles. The van der Waals surface area contributed by atoms with Gasteiger partial charge in [0.05, 0.1) is 0 Å². The van der Waals surface area contributed by atoms with Crippen molar-refractivity contribution in [3.63, 3.8) is 0 Å². The molecular formula is C13H29N3O. The van der Waals surface area contributed by atoms with E-state index in [2.05, 4.69) is 36.4 Å². The molecular weight excluding hydrogens is 214 g/mol. The number of rotatable bonds is 6. The van der Waals surface area contributed by atoms with E-state index >= 15 is 0 Å². The van der Waals surface area contributed by atoms with Crippen molar-refractivity contribution in [2.45, 2.75) is 59.0 Å². The van der Waals surface area contributed by atoms with Gasteiger partial charge in [-0.05, 0) is 61.1 Å². The molecule has 0 heterocycles. The van der Waals surface area contributed by atoms with Crippen molar-refractivity contribution in [1.29, 1.82) is 0 Å². The van der Waals surface area contributed by atoms with Crippen molar-refractivity contribution in [2.24, 2.45) is 0 Å². The Balaban J connectivity index is 3.49. The summed E-state index contributed by atoms with van der Waals surface area (Å²) in [5, 5.41) is 5.75. The van der Waals surface area contributed by atoms with Crippen LogP contribution in [0.25, 0.3) is 0 Å². The van der Waals surface area contributed by atoms with Crippen LogP contribution in [-0.2, 0) is 0 Å². The minimum Gasteiger partial charge on any atom is -0.338 e. The Morgan fingerprint density at radius 1 is 1.24 bits per heavy atom. The van der Waals surface area contributed by atoms with Gasteiger partial charge in [-0.3, -0.25) is 0 Å². The van der Waals surface area contributed by atoms with Crippen LogP contribution in [0.2, 0.25) is 0 Å². The molecule has 0 aromatic heterocycles. The largest absolute Gasteiger partial charge is 0.338 e. The molecule has 4 nitrogen and oxygen atoms in total. The number of hydrogen-bond donors (Lipinski definition) is 2. The summed E-state index contributed by atoms with van der Waals surface area (Å²) in [4.78, 5) is 13.7. The van der Waals surface area contributed by atoms with Crippen molar-refractivity contribution in [1.82, 2.24) is 15.5 Å². The second-order valence-corrected chi connectivity index (χ2v) is 5.91. The maximum atomic E-state index is 11.4. The number of hydrogen-bond acceptors (Lipinski definition) is 2. The molecule has 0 aliphatic carbocycles. The average Bonchev–Trinajstić information content (AvgIpc) is 2.13. The molecule has 0 saturated carbocycles. The van der Waals surface area contributed by atoms with Crippen LogP contribution in [0, 0.1) is 0 Å². The van der Waals surface area contributed by atoms with Crippen LogP contribution >= 0.6 is 0 Å². The minimum absolute atomic E-state index is 0.0743. The average molecular weight is 243 g/mol. The predicted octanol–water partition coefficient (Wildman–Crippen LogP) is 2.20. The predicted molar refractivity (Wildman–Crippen MR) is 73.3 cm³/mol. The number of nitrogens with one attached hydrogen (secondary N) is 2. The first-order chi connectivity index (χ1) is 7.72. The van der Waals surface area contributed by atoms with Gasteiger partial charge in [0, 0.05) is 18.1 Å². The van der Waals surface area contributed by atoms with Crippen molar-refractivity contribution in [3.05, 3.63) is 0 Å². The summed E-state index contributed by atoms with van der Waals surface area (Å²) >= 11 is 0. The van der Waals surface area contributed by atoms with E-state index in [9.17, 15) is 4.79 Å². The van der Waals surface area contributed by atoms with E-state index in [1.54, 1.807) is 0 Å². The molecule has 17 heavy (non-hydrogen) atoms. The second-order valence-electron chi connectivity index (χ2n) is 5.91. The smallest absolute Gasteiger partial charge is 0.315 e. The SMILES string of the molecule is CC(C)N(C)CCCCNC(=O)NC(C)(C)C. The normalized spacial score (nSPS) is 12.0. The first-order valence-corrected chi connectivity index (χ1v) is 6.48. The molecule has 0 aromatic rings. The Morgan fingerprint density at radius 2 is 1.82 bits per heavy atom. The van der Waals surface area contributed by atoms with Crippen molar-refractivity contribution >= 4 is 6.03 Å². The Morgan fingerprint density at radius 3 is 2.29 bits per heavy atom. The van der Waals surface area contributed by atoms with Gasteiger partial charge in [0.25, 0.3) is 0 Å². The third-order valence-corrected chi connectivity index (χ3v) is 2.59. The molecule has 2 N–H and O–H groups in total. The summed E-state index contributed by atoms with van der Waals surface area (Å²) in [6.45, 7) is 12.1.